The molecule has 0 aliphatic heterocycles. The molecule has 1 unspecified atom stereocenters. The first kappa shape index (κ1) is 23.3. The zero-order valence-electron chi connectivity index (χ0n) is 18.5. The molecule has 0 saturated heterocycles. The lowest BCUT2D eigenvalue weighted by Crippen LogP contribution is -2.34. The van der Waals surface area contributed by atoms with Crippen LogP contribution in [-0.4, -0.2) is 39.7 Å². The second-order valence-electron chi connectivity index (χ2n) is 7.87. The van der Waals surface area contributed by atoms with Gasteiger partial charge in [0.15, 0.2) is 15.1 Å². The van der Waals surface area contributed by atoms with Crippen molar-refractivity contribution in [3.05, 3.63) is 88.7 Å². The van der Waals surface area contributed by atoms with E-state index in [-0.39, 0.29) is 17.9 Å². The number of benzene rings is 3. The van der Waals surface area contributed by atoms with Crippen LogP contribution in [0.25, 0.3) is 22.0 Å². The van der Waals surface area contributed by atoms with Crippen molar-refractivity contribution in [3.63, 3.8) is 0 Å². The van der Waals surface area contributed by atoms with Crippen molar-refractivity contribution in [2.75, 3.05) is 0 Å². The van der Waals surface area contributed by atoms with Crippen LogP contribution in [0.4, 0.5) is 0 Å². The lowest BCUT2D eigenvalue weighted by Gasteiger charge is -2.14. The van der Waals surface area contributed by atoms with Crippen LogP contribution in [0.3, 0.4) is 0 Å². The van der Waals surface area contributed by atoms with E-state index in [0.29, 0.717) is 10.9 Å². The number of carboxylic acids is 1. The van der Waals surface area contributed by atoms with Crippen LogP contribution in [-0.2, 0) is 27.6 Å². The molecule has 8 nitrogen and oxygen atoms in total. The van der Waals surface area contributed by atoms with Crippen LogP contribution in [0.2, 0.25) is 0 Å². The molecular weight excluding hydrogens is 454 g/mol. The predicted octanol–water partition coefficient (Wildman–Crippen LogP) is 3.34. The van der Waals surface area contributed by atoms with Gasteiger partial charge in [-0.15, -0.1) is 5.10 Å². The summed E-state index contributed by atoms with van der Waals surface area (Å²) in [7, 11) is -4.20. The smallest absolute Gasteiger partial charge is 0.322 e. The summed E-state index contributed by atoms with van der Waals surface area (Å²) in [5, 5.41) is 16.0. The van der Waals surface area contributed by atoms with E-state index in [1.807, 2.05) is 24.3 Å². The molecule has 0 aliphatic carbocycles. The van der Waals surface area contributed by atoms with E-state index in [2.05, 4.69) is 17.2 Å². The number of fused-ring (bicyclic) bond motifs is 1. The van der Waals surface area contributed by atoms with Crippen LogP contribution < -0.4 is 5.56 Å². The topological polar surface area (TPSA) is 119 Å². The summed E-state index contributed by atoms with van der Waals surface area (Å²) >= 11 is 0. The Labute approximate surface area is 196 Å². The molecule has 1 N–H and O–H groups in total. The van der Waals surface area contributed by atoms with Gasteiger partial charge in [-0.3, -0.25) is 9.59 Å². The molecule has 4 aromatic rings. The number of sulfone groups is 1. The number of hydrogen-bond acceptors (Lipinski definition) is 6. The Kier molecular flexibility index (Phi) is 6.56. The minimum Gasteiger partial charge on any atom is -0.480 e. The molecule has 174 valence electrons. The second kappa shape index (κ2) is 9.56. The van der Waals surface area contributed by atoms with Gasteiger partial charge < -0.3 is 5.11 Å². The fourth-order valence-electron chi connectivity index (χ4n) is 3.75. The van der Waals surface area contributed by atoms with Gasteiger partial charge in [0.2, 0.25) is 0 Å². The molecule has 0 saturated carbocycles. The summed E-state index contributed by atoms with van der Waals surface area (Å²) in [6.07, 6.45) is 0.593. The number of aromatic nitrogens is 3. The number of hydrogen-bond donors (Lipinski definition) is 1. The average molecular weight is 478 g/mol. The molecule has 0 fully saturated rings. The lowest BCUT2D eigenvalue weighted by molar-refractivity contribution is -0.136. The number of aliphatic carboxylic acids is 1. The fraction of sp³-hybridized carbons (Fsp3) is 0.200. The number of carbonyl (C=O) groups is 1. The molecule has 0 amide bonds. The van der Waals surface area contributed by atoms with Gasteiger partial charge in [0.1, 0.15) is 5.52 Å². The quantitative estimate of drug-likeness (QED) is 0.413. The Morgan fingerprint density at radius 3 is 2.21 bits per heavy atom. The molecule has 34 heavy (non-hydrogen) atoms. The van der Waals surface area contributed by atoms with Crippen molar-refractivity contribution in [2.45, 2.75) is 36.5 Å². The standard InChI is InChI=1S/C25H23N3O5S/c1-2-17-7-9-18(10-8-17)19-11-13-20(14-12-19)34(32,33)23(25(30)31)15-16-28-24(29)21-5-3-4-6-22(21)26-27-28/h3-14,23H,2,15-16H2,1H3,(H,30,31). The maximum atomic E-state index is 13.1. The minimum absolute atomic E-state index is 0.0919. The van der Waals surface area contributed by atoms with Gasteiger partial charge in [0, 0.05) is 6.54 Å². The van der Waals surface area contributed by atoms with Crippen molar-refractivity contribution >= 4 is 26.7 Å². The molecule has 3 aromatic carbocycles. The second-order valence-corrected chi connectivity index (χ2v) is 10.0. The molecule has 0 spiro atoms. The molecule has 1 aromatic heterocycles. The Hall–Kier alpha value is -3.85. The summed E-state index contributed by atoms with van der Waals surface area (Å²) in [6, 6.07) is 20.7. The molecule has 0 radical (unpaired) electrons. The van der Waals surface area contributed by atoms with Crippen LogP contribution in [0.5, 0.6) is 0 Å². The Balaban J connectivity index is 1.57. The lowest BCUT2D eigenvalue weighted by atomic mass is 10.0. The first-order chi connectivity index (χ1) is 16.3. The zero-order valence-corrected chi connectivity index (χ0v) is 19.3. The predicted molar refractivity (Wildman–Crippen MR) is 128 cm³/mol. The number of carboxylic acid groups (broad SMARTS) is 1. The Morgan fingerprint density at radius 1 is 0.971 bits per heavy atom. The summed E-state index contributed by atoms with van der Waals surface area (Å²) in [5.41, 5.74) is 2.92. The number of nitrogens with zero attached hydrogens (tertiary/aromatic N) is 3. The first-order valence-corrected chi connectivity index (χ1v) is 12.3. The molecule has 0 bridgehead atoms. The van der Waals surface area contributed by atoms with E-state index in [4.69, 9.17) is 0 Å². The molecule has 1 heterocycles. The summed E-state index contributed by atoms with van der Waals surface area (Å²) in [5.74, 6) is -1.49. The van der Waals surface area contributed by atoms with E-state index in [0.717, 1.165) is 22.2 Å². The van der Waals surface area contributed by atoms with Crippen LogP contribution in [0.1, 0.15) is 18.9 Å². The molecule has 0 aliphatic rings. The number of rotatable bonds is 8. The van der Waals surface area contributed by atoms with Gasteiger partial charge >= 0.3 is 5.97 Å². The number of aryl methyl sites for hydroxylation is 2. The first-order valence-electron chi connectivity index (χ1n) is 10.8. The molecule has 1 atom stereocenters. The highest BCUT2D eigenvalue weighted by Gasteiger charge is 2.34. The largest absolute Gasteiger partial charge is 0.480 e. The average Bonchev–Trinajstić information content (AvgIpc) is 2.85. The summed E-state index contributed by atoms with van der Waals surface area (Å²) in [6.45, 7) is 1.87. The van der Waals surface area contributed by atoms with Gasteiger partial charge in [-0.1, -0.05) is 60.7 Å². The monoisotopic (exact) mass is 477 g/mol. The minimum atomic E-state index is -4.20. The fourth-order valence-corrected chi connectivity index (χ4v) is 5.28. The SMILES string of the molecule is CCc1ccc(-c2ccc(S(=O)(=O)C(CCn3nnc4ccccc4c3=O)C(=O)O)cc2)cc1. The van der Waals surface area contributed by atoms with Crippen molar-refractivity contribution in [1.29, 1.82) is 0 Å². The molecular formula is C25H23N3O5S. The maximum absolute atomic E-state index is 13.1. The van der Waals surface area contributed by atoms with Crippen LogP contribution in [0.15, 0.2) is 82.5 Å². The third-order valence-electron chi connectivity index (χ3n) is 5.76. The van der Waals surface area contributed by atoms with Gasteiger partial charge in [0.25, 0.3) is 5.56 Å². The summed E-state index contributed by atoms with van der Waals surface area (Å²) in [4.78, 5) is 24.4. The zero-order chi connectivity index (χ0) is 24.3. The third-order valence-corrected chi connectivity index (χ3v) is 7.88. The van der Waals surface area contributed by atoms with E-state index < -0.39 is 26.6 Å². The van der Waals surface area contributed by atoms with E-state index >= 15 is 0 Å². The van der Waals surface area contributed by atoms with Gasteiger partial charge in [-0.2, -0.15) is 0 Å². The van der Waals surface area contributed by atoms with Crippen molar-refractivity contribution in [3.8, 4) is 11.1 Å². The van der Waals surface area contributed by atoms with Crippen LogP contribution >= 0.6 is 0 Å². The van der Waals surface area contributed by atoms with E-state index in [1.54, 1.807) is 36.4 Å². The molecule has 4 rings (SSSR count). The normalized spacial score (nSPS) is 12.5. The van der Waals surface area contributed by atoms with Gasteiger partial charge in [-0.25, -0.2) is 13.1 Å². The highest BCUT2D eigenvalue weighted by atomic mass is 32.2. The molecule has 9 heteroatoms. The highest BCUT2D eigenvalue weighted by molar-refractivity contribution is 7.92. The van der Waals surface area contributed by atoms with Crippen molar-refractivity contribution in [1.82, 2.24) is 15.0 Å². The third kappa shape index (κ3) is 4.60. The van der Waals surface area contributed by atoms with E-state index in [9.17, 15) is 23.1 Å². The summed E-state index contributed by atoms with van der Waals surface area (Å²) < 4.78 is 27.2. The van der Waals surface area contributed by atoms with Crippen LogP contribution in [0, 0.1) is 0 Å². The maximum Gasteiger partial charge on any atom is 0.322 e. The van der Waals surface area contributed by atoms with E-state index in [1.165, 1.54) is 17.7 Å². The van der Waals surface area contributed by atoms with Crippen molar-refractivity contribution < 1.29 is 18.3 Å². The Bertz CT molecular complexity index is 1490. The van der Waals surface area contributed by atoms with Gasteiger partial charge in [0.05, 0.1) is 10.3 Å². The Morgan fingerprint density at radius 2 is 1.59 bits per heavy atom. The van der Waals surface area contributed by atoms with Gasteiger partial charge in [-0.05, 0) is 53.8 Å². The van der Waals surface area contributed by atoms with Crippen molar-refractivity contribution in [2.24, 2.45) is 0 Å². The highest BCUT2D eigenvalue weighted by Crippen LogP contribution is 2.25.